The first-order valence-corrected chi connectivity index (χ1v) is 5.27. The van der Waals surface area contributed by atoms with Crippen molar-refractivity contribution >= 4 is 11.9 Å². The Hall–Kier alpha value is -1.06. The van der Waals surface area contributed by atoms with Crippen LogP contribution in [0.1, 0.15) is 26.2 Å². The second-order valence-corrected chi connectivity index (χ2v) is 4.09. The van der Waals surface area contributed by atoms with Crippen LogP contribution in [0.4, 0.5) is 0 Å². The van der Waals surface area contributed by atoms with Crippen LogP contribution >= 0.6 is 0 Å². The van der Waals surface area contributed by atoms with Crippen molar-refractivity contribution in [3.05, 3.63) is 0 Å². The van der Waals surface area contributed by atoms with E-state index in [-0.39, 0.29) is 29.7 Å². The third kappa shape index (κ3) is 2.49. The van der Waals surface area contributed by atoms with Crippen LogP contribution < -0.4 is 0 Å². The molecule has 3 unspecified atom stereocenters. The van der Waals surface area contributed by atoms with Gasteiger partial charge in [-0.15, -0.1) is 0 Å². The normalized spacial score (nSPS) is 30.7. The van der Waals surface area contributed by atoms with Gasteiger partial charge in [-0.1, -0.05) is 13.3 Å². The molecular formula is C11H18O4. The Morgan fingerprint density at radius 2 is 1.67 bits per heavy atom. The molecule has 0 heterocycles. The minimum absolute atomic E-state index is 0.190. The maximum absolute atomic E-state index is 11.6. The zero-order valence-corrected chi connectivity index (χ0v) is 9.49. The zero-order chi connectivity index (χ0) is 11.4. The number of carbonyl (C=O) groups excluding carboxylic acids is 2. The lowest BCUT2D eigenvalue weighted by atomic mass is 9.73. The maximum Gasteiger partial charge on any atom is 0.309 e. The molecule has 0 N–H and O–H groups in total. The molecule has 0 aromatic heterocycles. The fourth-order valence-corrected chi connectivity index (χ4v) is 2.36. The molecule has 0 bridgehead atoms. The molecule has 15 heavy (non-hydrogen) atoms. The molecule has 86 valence electrons. The molecule has 1 fully saturated rings. The molecule has 4 heteroatoms. The van der Waals surface area contributed by atoms with E-state index in [9.17, 15) is 9.59 Å². The molecular weight excluding hydrogens is 196 g/mol. The second-order valence-electron chi connectivity index (χ2n) is 4.09. The number of rotatable bonds is 2. The van der Waals surface area contributed by atoms with Crippen molar-refractivity contribution in [2.24, 2.45) is 17.8 Å². The summed E-state index contributed by atoms with van der Waals surface area (Å²) in [6.45, 7) is 1.98. The third-order valence-corrected chi connectivity index (χ3v) is 3.20. The van der Waals surface area contributed by atoms with Crippen molar-refractivity contribution < 1.29 is 19.1 Å². The highest BCUT2D eigenvalue weighted by atomic mass is 16.5. The first-order chi connectivity index (χ1) is 7.11. The first-order valence-electron chi connectivity index (χ1n) is 5.27. The highest BCUT2D eigenvalue weighted by Crippen LogP contribution is 2.36. The Balaban J connectivity index is 2.81. The topological polar surface area (TPSA) is 52.6 Å². The highest BCUT2D eigenvalue weighted by molar-refractivity contribution is 5.82. The number of carbonyl (C=O) groups is 2. The first kappa shape index (κ1) is 12.0. The SMILES string of the molecule is COC(=O)C1CCCC(C)C1C(=O)OC. The molecule has 0 spiro atoms. The quantitative estimate of drug-likeness (QED) is 0.652. The molecule has 4 nitrogen and oxygen atoms in total. The molecule has 3 atom stereocenters. The molecule has 1 aliphatic carbocycles. The van der Waals surface area contributed by atoms with E-state index in [0.29, 0.717) is 0 Å². The van der Waals surface area contributed by atoms with E-state index in [1.807, 2.05) is 6.92 Å². The summed E-state index contributed by atoms with van der Waals surface area (Å²) in [5.74, 6) is -1.06. The van der Waals surface area contributed by atoms with Crippen molar-refractivity contribution in [1.82, 2.24) is 0 Å². The van der Waals surface area contributed by atoms with E-state index in [1.165, 1.54) is 14.2 Å². The summed E-state index contributed by atoms with van der Waals surface area (Å²) in [5.41, 5.74) is 0. The Labute approximate surface area is 89.9 Å². The van der Waals surface area contributed by atoms with Crippen molar-refractivity contribution in [1.29, 1.82) is 0 Å². The van der Waals surface area contributed by atoms with Crippen molar-refractivity contribution in [3.8, 4) is 0 Å². The van der Waals surface area contributed by atoms with Crippen molar-refractivity contribution in [3.63, 3.8) is 0 Å². The minimum Gasteiger partial charge on any atom is -0.469 e. The van der Waals surface area contributed by atoms with Gasteiger partial charge in [0, 0.05) is 0 Å². The molecule has 0 saturated heterocycles. The summed E-state index contributed by atoms with van der Waals surface area (Å²) in [6.07, 6.45) is 2.65. The van der Waals surface area contributed by atoms with Crippen LogP contribution in [0.2, 0.25) is 0 Å². The van der Waals surface area contributed by atoms with Gasteiger partial charge in [0.2, 0.25) is 0 Å². The Morgan fingerprint density at radius 1 is 1.07 bits per heavy atom. The number of ether oxygens (including phenoxy) is 2. The van der Waals surface area contributed by atoms with E-state index in [2.05, 4.69) is 0 Å². The van der Waals surface area contributed by atoms with E-state index < -0.39 is 0 Å². The summed E-state index contributed by atoms with van der Waals surface area (Å²) in [6, 6.07) is 0. The number of hydrogen-bond donors (Lipinski definition) is 0. The van der Waals surface area contributed by atoms with E-state index >= 15 is 0 Å². The Bertz CT molecular complexity index is 249. The van der Waals surface area contributed by atoms with Gasteiger partial charge < -0.3 is 9.47 Å². The fourth-order valence-electron chi connectivity index (χ4n) is 2.36. The highest BCUT2D eigenvalue weighted by Gasteiger charge is 2.41. The largest absolute Gasteiger partial charge is 0.469 e. The van der Waals surface area contributed by atoms with Gasteiger partial charge in [-0.3, -0.25) is 9.59 Å². The van der Waals surface area contributed by atoms with Crippen LogP contribution in [0.25, 0.3) is 0 Å². The predicted octanol–water partition coefficient (Wildman–Crippen LogP) is 1.38. The molecule has 0 aromatic rings. The molecule has 1 saturated carbocycles. The summed E-state index contributed by atoms with van der Waals surface area (Å²) < 4.78 is 9.45. The van der Waals surface area contributed by atoms with Gasteiger partial charge in [0.1, 0.15) is 0 Å². The van der Waals surface area contributed by atoms with Crippen molar-refractivity contribution in [2.75, 3.05) is 14.2 Å². The molecule has 0 aliphatic heterocycles. The lowest BCUT2D eigenvalue weighted by molar-refractivity contribution is -0.161. The smallest absolute Gasteiger partial charge is 0.309 e. The lowest BCUT2D eigenvalue weighted by Crippen LogP contribution is -2.38. The molecule has 1 rings (SSSR count). The summed E-state index contributed by atoms with van der Waals surface area (Å²) in [5, 5.41) is 0. The number of methoxy groups -OCH3 is 2. The van der Waals surface area contributed by atoms with Crippen LogP contribution in [-0.4, -0.2) is 26.2 Å². The van der Waals surface area contributed by atoms with E-state index in [1.54, 1.807) is 0 Å². The summed E-state index contributed by atoms with van der Waals surface area (Å²) in [7, 11) is 2.72. The average Bonchev–Trinajstić information content (AvgIpc) is 2.26. The van der Waals surface area contributed by atoms with E-state index in [0.717, 1.165) is 19.3 Å². The van der Waals surface area contributed by atoms with Gasteiger partial charge in [-0.25, -0.2) is 0 Å². The van der Waals surface area contributed by atoms with Gasteiger partial charge in [-0.05, 0) is 18.8 Å². The molecule has 0 aromatic carbocycles. The van der Waals surface area contributed by atoms with Crippen molar-refractivity contribution in [2.45, 2.75) is 26.2 Å². The Morgan fingerprint density at radius 3 is 2.20 bits per heavy atom. The third-order valence-electron chi connectivity index (χ3n) is 3.20. The lowest BCUT2D eigenvalue weighted by Gasteiger charge is -2.32. The standard InChI is InChI=1S/C11H18O4/c1-7-5-4-6-8(10(12)14-2)9(7)11(13)15-3/h7-9H,4-6H2,1-3H3. The van der Waals surface area contributed by atoms with Crippen LogP contribution in [0, 0.1) is 17.8 Å². The Kier molecular flexibility index (Phi) is 4.12. The van der Waals surface area contributed by atoms with Gasteiger partial charge in [-0.2, -0.15) is 0 Å². The van der Waals surface area contributed by atoms with Crippen LogP contribution in [-0.2, 0) is 19.1 Å². The maximum atomic E-state index is 11.6. The molecule has 0 amide bonds. The monoisotopic (exact) mass is 214 g/mol. The van der Waals surface area contributed by atoms with Gasteiger partial charge >= 0.3 is 11.9 Å². The van der Waals surface area contributed by atoms with Gasteiger partial charge in [0.25, 0.3) is 0 Å². The molecule has 1 aliphatic rings. The van der Waals surface area contributed by atoms with E-state index in [4.69, 9.17) is 9.47 Å². The van der Waals surface area contributed by atoms with Crippen LogP contribution in [0.5, 0.6) is 0 Å². The fraction of sp³-hybridized carbons (Fsp3) is 0.818. The predicted molar refractivity (Wildman–Crippen MR) is 54.0 cm³/mol. The number of esters is 2. The minimum atomic E-state index is -0.337. The number of hydrogen-bond acceptors (Lipinski definition) is 4. The van der Waals surface area contributed by atoms with Crippen LogP contribution in [0.15, 0.2) is 0 Å². The molecule has 0 radical (unpaired) electrons. The van der Waals surface area contributed by atoms with Gasteiger partial charge in [0.05, 0.1) is 26.1 Å². The van der Waals surface area contributed by atoms with Gasteiger partial charge in [0.15, 0.2) is 0 Å². The zero-order valence-electron chi connectivity index (χ0n) is 9.49. The second kappa shape index (κ2) is 5.14. The summed E-state index contributed by atoms with van der Waals surface area (Å²) >= 11 is 0. The summed E-state index contributed by atoms with van der Waals surface area (Å²) in [4.78, 5) is 23.1. The average molecular weight is 214 g/mol. The van der Waals surface area contributed by atoms with Crippen LogP contribution in [0.3, 0.4) is 0 Å².